The van der Waals surface area contributed by atoms with Crippen LogP contribution in [0.1, 0.15) is 28.4 Å². The fourth-order valence-corrected chi connectivity index (χ4v) is 6.14. The first-order valence-corrected chi connectivity index (χ1v) is 13.2. The SMILES string of the molecule is Cc1sc2nc(CCC(=O)N3CCN(Cc4csc(-c5ccccc5)n4)CC3)[nH]c(=O)c2c1C. The fraction of sp³-hybridized carbons (Fsp3) is 0.360. The number of hydrogen-bond donors (Lipinski definition) is 1. The molecular formula is C25H27N5O2S2. The van der Waals surface area contributed by atoms with Crippen molar-refractivity contribution in [1.82, 2.24) is 24.8 Å². The number of hydrogen-bond acceptors (Lipinski definition) is 7. The third-order valence-electron chi connectivity index (χ3n) is 6.35. The molecule has 176 valence electrons. The Morgan fingerprint density at radius 1 is 1.09 bits per heavy atom. The topological polar surface area (TPSA) is 82.2 Å². The summed E-state index contributed by atoms with van der Waals surface area (Å²) >= 11 is 3.21. The third-order valence-corrected chi connectivity index (χ3v) is 8.39. The second-order valence-electron chi connectivity index (χ2n) is 8.64. The monoisotopic (exact) mass is 493 g/mol. The van der Waals surface area contributed by atoms with Gasteiger partial charge in [-0.2, -0.15) is 0 Å². The van der Waals surface area contributed by atoms with Gasteiger partial charge in [0.1, 0.15) is 15.7 Å². The summed E-state index contributed by atoms with van der Waals surface area (Å²) in [7, 11) is 0. The van der Waals surface area contributed by atoms with Crippen LogP contribution in [-0.2, 0) is 17.8 Å². The van der Waals surface area contributed by atoms with E-state index in [0.717, 1.165) is 51.2 Å². The highest BCUT2D eigenvalue weighted by Gasteiger charge is 2.22. The van der Waals surface area contributed by atoms with Crippen molar-refractivity contribution in [3.63, 3.8) is 0 Å². The van der Waals surface area contributed by atoms with Gasteiger partial charge >= 0.3 is 0 Å². The normalized spacial score (nSPS) is 14.7. The number of nitrogens with zero attached hydrogens (tertiary/aromatic N) is 4. The Labute approximate surface area is 206 Å². The minimum Gasteiger partial charge on any atom is -0.340 e. The minimum absolute atomic E-state index is 0.111. The molecule has 34 heavy (non-hydrogen) atoms. The lowest BCUT2D eigenvalue weighted by atomic mass is 10.2. The Balaban J connectivity index is 1.13. The summed E-state index contributed by atoms with van der Waals surface area (Å²) in [6.07, 6.45) is 0.797. The molecule has 0 radical (unpaired) electrons. The lowest BCUT2D eigenvalue weighted by Crippen LogP contribution is -2.48. The van der Waals surface area contributed by atoms with Crippen LogP contribution in [-0.4, -0.2) is 56.8 Å². The van der Waals surface area contributed by atoms with Crippen molar-refractivity contribution in [2.45, 2.75) is 33.2 Å². The maximum absolute atomic E-state index is 12.8. The number of fused-ring (bicyclic) bond motifs is 1. The summed E-state index contributed by atoms with van der Waals surface area (Å²) in [6, 6.07) is 10.2. The molecule has 7 nitrogen and oxygen atoms in total. The van der Waals surface area contributed by atoms with Gasteiger partial charge in [0.25, 0.3) is 5.56 Å². The highest BCUT2D eigenvalue weighted by molar-refractivity contribution is 7.18. The molecule has 1 N–H and O–H groups in total. The van der Waals surface area contributed by atoms with Gasteiger partial charge in [-0.25, -0.2) is 9.97 Å². The number of piperazine rings is 1. The number of carbonyl (C=O) groups excluding carboxylic acids is 1. The van der Waals surface area contributed by atoms with Crippen molar-refractivity contribution in [1.29, 1.82) is 0 Å². The molecule has 5 rings (SSSR count). The van der Waals surface area contributed by atoms with Gasteiger partial charge in [-0.05, 0) is 19.4 Å². The Bertz CT molecular complexity index is 1370. The zero-order valence-electron chi connectivity index (χ0n) is 19.3. The van der Waals surface area contributed by atoms with Crippen molar-refractivity contribution >= 4 is 38.8 Å². The van der Waals surface area contributed by atoms with Crippen LogP contribution < -0.4 is 5.56 Å². The highest BCUT2D eigenvalue weighted by atomic mass is 32.1. The van der Waals surface area contributed by atoms with Gasteiger partial charge in [0, 0.05) is 61.4 Å². The van der Waals surface area contributed by atoms with Gasteiger partial charge in [-0.3, -0.25) is 14.5 Å². The smallest absolute Gasteiger partial charge is 0.259 e. The van der Waals surface area contributed by atoms with Crippen molar-refractivity contribution in [2.75, 3.05) is 26.2 Å². The van der Waals surface area contributed by atoms with Gasteiger partial charge in [-0.1, -0.05) is 30.3 Å². The fourth-order valence-electron chi connectivity index (χ4n) is 4.28. The molecule has 4 aromatic rings. The van der Waals surface area contributed by atoms with Crippen LogP contribution in [0.5, 0.6) is 0 Å². The zero-order chi connectivity index (χ0) is 23.7. The van der Waals surface area contributed by atoms with E-state index in [1.165, 1.54) is 11.3 Å². The van der Waals surface area contributed by atoms with Crippen molar-refractivity contribution < 1.29 is 4.79 Å². The van der Waals surface area contributed by atoms with Crippen molar-refractivity contribution in [3.8, 4) is 10.6 Å². The highest BCUT2D eigenvalue weighted by Crippen LogP contribution is 2.26. The van der Waals surface area contributed by atoms with E-state index in [1.54, 1.807) is 11.3 Å². The van der Waals surface area contributed by atoms with Gasteiger partial charge in [0.15, 0.2) is 0 Å². The lowest BCUT2D eigenvalue weighted by Gasteiger charge is -2.34. The van der Waals surface area contributed by atoms with Gasteiger partial charge < -0.3 is 9.88 Å². The van der Waals surface area contributed by atoms with E-state index in [2.05, 4.69) is 32.4 Å². The third kappa shape index (κ3) is 4.82. The lowest BCUT2D eigenvalue weighted by molar-refractivity contribution is -0.133. The second kappa shape index (κ2) is 9.77. The predicted molar refractivity (Wildman–Crippen MR) is 137 cm³/mol. The number of thiazole rings is 1. The van der Waals surface area contributed by atoms with E-state index >= 15 is 0 Å². The van der Waals surface area contributed by atoms with E-state index in [4.69, 9.17) is 4.98 Å². The summed E-state index contributed by atoms with van der Waals surface area (Å²) in [5.74, 6) is 0.699. The maximum atomic E-state index is 12.8. The molecule has 1 amide bonds. The number of amides is 1. The molecule has 0 saturated carbocycles. The summed E-state index contributed by atoms with van der Waals surface area (Å²) < 4.78 is 0. The van der Waals surface area contributed by atoms with E-state index in [0.29, 0.717) is 37.1 Å². The molecule has 1 aliphatic rings. The van der Waals surface area contributed by atoms with Crippen molar-refractivity contribution in [3.05, 3.63) is 68.0 Å². The van der Waals surface area contributed by atoms with Crippen LogP contribution >= 0.6 is 22.7 Å². The van der Waals surface area contributed by atoms with Crippen LogP contribution in [0.4, 0.5) is 0 Å². The molecule has 1 aromatic carbocycles. The molecule has 0 aliphatic carbocycles. The molecule has 1 fully saturated rings. The first-order valence-electron chi connectivity index (χ1n) is 11.5. The number of H-pyrrole nitrogens is 1. The molecule has 1 aliphatic heterocycles. The molecule has 0 atom stereocenters. The van der Waals surface area contributed by atoms with Crippen LogP contribution in [0.2, 0.25) is 0 Å². The molecular weight excluding hydrogens is 466 g/mol. The Hall–Kier alpha value is -2.88. The second-order valence-corrected chi connectivity index (χ2v) is 10.7. The summed E-state index contributed by atoms with van der Waals surface area (Å²) in [4.78, 5) is 43.6. The molecule has 9 heteroatoms. The first-order chi connectivity index (χ1) is 16.5. The largest absolute Gasteiger partial charge is 0.340 e. The first kappa shape index (κ1) is 22.9. The number of carbonyl (C=O) groups is 1. The minimum atomic E-state index is -0.111. The average molecular weight is 494 g/mol. The molecule has 1 saturated heterocycles. The van der Waals surface area contributed by atoms with Gasteiger partial charge in [-0.15, -0.1) is 22.7 Å². The number of nitrogens with one attached hydrogen (secondary N) is 1. The van der Waals surface area contributed by atoms with E-state index < -0.39 is 0 Å². The number of thiophene rings is 1. The van der Waals surface area contributed by atoms with Crippen LogP contribution in [0.3, 0.4) is 0 Å². The number of aryl methyl sites for hydroxylation is 3. The maximum Gasteiger partial charge on any atom is 0.259 e. The number of benzene rings is 1. The molecule has 0 spiro atoms. The molecule has 0 unspecified atom stereocenters. The molecule has 0 bridgehead atoms. The summed E-state index contributed by atoms with van der Waals surface area (Å²) in [5, 5.41) is 3.84. The zero-order valence-corrected chi connectivity index (χ0v) is 21.0. The van der Waals surface area contributed by atoms with Gasteiger partial charge in [0.2, 0.25) is 5.91 Å². The Morgan fingerprint density at radius 2 is 1.85 bits per heavy atom. The predicted octanol–water partition coefficient (Wildman–Crippen LogP) is 4.00. The summed E-state index contributed by atoms with van der Waals surface area (Å²) in [5.41, 5.74) is 3.10. The van der Waals surface area contributed by atoms with Gasteiger partial charge in [0.05, 0.1) is 11.1 Å². The number of rotatable bonds is 6. The Morgan fingerprint density at radius 3 is 2.62 bits per heavy atom. The van der Waals surface area contributed by atoms with Crippen LogP contribution in [0.15, 0.2) is 40.5 Å². The van der Waals surface area contributed by atoms with Crippen molar-refractivity contribution in [2.24, 2.45) is 0 Å². The molecule has 3 aromatic heterocycles. The number of aromatic amines is 1. The van der Waals surface area contributed by atoms with Crippen LogP contribution in [0, 0.1) is 13.8 Å². The van der Waals surface area contributed by atoms with E-state index in [1.807, 2.05) is 36.9 Å². The quantitative estimate of drug-likeness (QED) is 0.439. The molecule has 4 heterocycles. The average Bonchev–Trinajstić information content (AvgIpc) is 3.42. The Kier molecular flexibility index (Phi) is 6.58. The standard InChI is InChI=1S/C25H27N5O2S2/c1-16-17(2)34-25-22(16)23(32)27-20(28-25)8-9-21(31)30-12-10-29(11-13-30)14-19-15-33-24(26-19)18-6-4-3-5-7-18/h3-7,15H,8-14H2,1-2H3,(H,27,28,32). The van der Waals surface area contributed by atoms with E-state index in [-0.39, 0.29) is 11.5 Å². The number of aromatic nitrogens is 3. The van der Waals surface area contributed by atoms with Crippen LogP contribution in [0.25, 0.3) is 20.8 Å². The summed E-state index contributed by atoms with van der Waals surface area (Å²) in [6.45, 7) is 7.83. The van der Waals surface area contributed by atoms with E-state index in [9.17, 15) is 9.59 Å².